The quantitative estimate of drug-likeness (QED) is 0.0278. The largest absolute Gasteiger partial charge is 0.481 e. The number of hydrogen-bond acceptors (Lipinski definition) is 23. The van der Waals surface area contributed by atoms with Crippen molar-refractivity contribution in [1.29, 1.82) is 0 Å². The Hall–Kier alpha value is -6.67. The Balaban J connectivity index is -0.00000202. The van der Waals surface area contributed by atoms with Crippen molar-refractivity contribution in [3.8, 4) is 0 Å². The summed E-state index contributed by atoms with van der Waals surface area (Å²) in [5, 5.41) is 51.0. The van der Waals surface area contributed by atoms with Crippen molar-refractivity contribution in [2.75, 3.05) is 119 Å². The predicted octanol–water partition coefficient (Wildman–Crippen LogP) is 20.9. The van der Waals surface area contributed by atoms with E-state index in [4.69, 9.17) is 48.1 Å². The summed E-state index contributed by atoms with van der Waals surface area (Å²) in [6, 6.07) is 0. The lowest BCUT2D eigenvalue weighted by molar-refractivity contribution is -0.144. The summed E-state index contributed by atoms with van der Waals surface area (Å²) in [5.41, 5.74) is 0. The van der Waals surface area contributed by atoms with Gasteiger partial charge in [-0.05, 0) is 64.2 Å². The zero-order valence-electron chi connectivity index (χ0n) is 86.5. The minimum Gasteiger partial charge on any atom is -0.481 e. The van der Waals surface area contributed by atoms with Crippen LogP contribution in [0.15, 0.2) is 0 Å². The average molecular weight is 1950 g/mol. The van der Waals surface area contributed by atoms with Crippen molar-refractivity contribution in [1.82, 2.24) is 10.6 Å². The summed E-state index contributed by atoms with van der Waals surface area (Å²) < 4.78 is 42.8. The first-order valence-electron chi connectivity index (χ1n) is 53.4. The van der Waals surface area contributed by atoms with Gasteiger partial charge in [-0.1, -0.05) is 292 Å². The molecule has 30 heteroatoms. The highest BCUT2D eigenvalue weighted by atomic mass is 16.5. The van der Waals surface area contributed by atoms with Crippen LogP contribution in [0.1, 0.15) is 440 Å². The van der Waals surface area contributed by atoms with Crippen LogP contribution in [0.2, 0.25) is 0 Å². The summed E-state index contributed by atoms with van der Waals surface area (Å²) >= 11 is 0. The number of amides is 2. The number of carboxylic acids is 5. The maximum Gasteiger partial charge on any atom is 0.306 e. The van der Waals surface area contributed by atoms with Crippen LogP contribution in [0.5, 0.6) is 0 Å². The highest BCUT2D eigenvalue weighted by Crippen LogP contribution is 2.23. The maximum atomic E-state index is 12.4. The van der Waals surface area contributed by atoms with Gasteiger partial charge in [0.2, 0.25) is 11.8 Å². The zero-order chi connectivity index (χ0) is 102. The van der Waals surface area contributed by atoms with Gasteiger partial charge in [-0.25, -0.2) is 0 Å². The molecule has 0 rings (SSSR count). The molecule has 0 unspecified atom stereocenters. The lowest BCUT2D eigenvalue weighted by atomic mass is 9.92. The van der Waals surface area contributed by atoms with Crippen LogP contribution in [0.3, 0.4) is 0 Å². The smallest absolute Gasteiger partial charge is 0.306 e. The molecule has 0 radical (unpaired) electrons. The second-order valence-corrected chi connectivity index (χ2v) is 37.8. The van der Waals surface area contributed by atoms with Crippen LogP contribution in [0.4, 0.5) is 0 Å². The lowest BCUT2D eigenvalue weighted by Gasteiger charge is -2.12. The van der Waals surface area contributed by atoms with Crippen molar-refractivity contribution >= 4 is 87.9 Å². The van der Waals surface area contributed by atoms with Gasteiger partial charge in [0.1, 0.15) is 49.6 Å². The van der Waals surface area contributed by atoms with Gasteiger partial charge in [0.05, 0.1) is 83.8 Å². The number of unbranched alkanes of at least 4 members (excludes halogenated alkanes) is 40. The van der Waals surface area contributed by atoms with Gasteiger partial charge in [0.25, 0.3) is 0 Å². The fourth-order valence-electron chi connectivity index (χ4n) is 14.9. The molecule has 0 bridgehead atoms. The predicted molar refractivity (Wildman–Crippen MR) is 533 cm³/mol. The number of hydrogen-bond donors (Lipinski definition) is 7. The first-order chi connectivity index (χ1) is 65.9. The number of ketones is 8. The van der Waals surface area contributed by atoms with Crippen molar-refractivity contribution in [2.24, 2.45) is 35.5 Å². The Kier molecular flexibility index (Phi) is 99.0. The molecule has 0 aliphatic rings. The van der Waals surface area contributed by atoms with Gasteiger partial charge in [0.15, 0.2) is 23.1 Å². The topological polar surface area (TPSA) is 455 Å². The third-order valence-corrected chi connectivity index (χ3v) is 24.0. The van der Waals surface area contributed by atoms with Crippen LogP contribution in [-0.4, -0.2) is 232 Å². The van der Waals surface area contributed by atoms with Gasteiger partial charge in [-0.15, -0.1) is 0 Å². The van der Waals surface area contributed by atoms with Crippen LogP contribution in [-0.2, 0) is 110 Å². The summed E-state index contributed by atoms with van der Waals surface area (Å²) in [6.45, 7) is 17.6. The Morgan fingerprint density at radius 3 is 0.664 bits per heavy atom. The Morgan fingerprint density at radius 2 is 0.423 bits per heavy atom. The van der Waals surface area contributed by atoms with Crippen molar-refractivity contribution in [3.63, 3.8) is 0 Å². The molecule has 0 aromatic heterocycles. The molecule has 0 heterocycles. The summed E-state index contributed by atoms with van der Waals surface area (Å²) in [5.74, 6) is -7.72. The van der Waals surface area contributed by atoms with E-state index in [1.165, 1.54) is 173 Å². The Labute approximate surface area is 824 Å². The van der Waals surface area contributed by atoms with Gasteiger partial charge < -0.3 is 74.1 Å². The number of Topliss-reactive ketones (excluding diaryl/α,β-unsaturated/α-hetero) is 8. The second kappa shape index (κ2) is 101. The molecular weight excluding hydrogens is 1760 g/mol. The monoisotopic (exact) mass is 1950 g/mol. The number of rotatable bonds is 105. The average Bonchev–Trinajstić information content (AvgIpc) is 0.932. The molecule has 0 aliphatic heterocycles. The van der Waals surface area contributed by atoms with E-state index in [-0.39, 0.29) is 219 Å². The minimum atomic E-state index is -1.06. The van der Waals surface area contributed by atoms with E-state index in [1.807, 2.05) is 27.7 Å². The molecule has 0 fully saturated rings. The van der Waals surface area contributed by atoms with E-state index < -0.39 is 47.6 Å². The lowest BCUT2D eigenvalue weighted by Crippen LogP contribution is -2.29. The molecule has 0 saturated carbocycles. The zero-order valence-corrected chi connectivity index (χ0v) is 86.5. The van der Waals surface area contributed by atoms with Gasteiger partial charge >= 0.3 is 29.8 Å². The molecule has 137 heavy (non-hydrogen) atoms. The number of aliphatic carboxylic acids is 5. The van der Waals surface area contributed by atoms with E-state index in [9.17, 15) is 87.2 Å². The van der Waals surface area contributed by atoms with Gasteiger partial charge in [-0.3, -0.25) is 71.9 Å². The standard InChI is InChI=1S/C40H71NO12.C40H73NO10.C27H48O6/c1-33(2)37(44)32-53-29-26-50-24-17-19-36(43)31-52-28-27-51-25-23-41-38(45)22-21-34(40(48)49)30-35(42)18-15-13-11-9-7-5-3-4-6-8-10-12-14-16-20-39(46)47;1-4-5-6-7-8-9-10-11-12-13-14-15-16-17-18-20-36(42)31-35(40(46)47)22-23-39(45)41-24-26-49-28-29-50-32-37(43)21-19-25-48-27-30-51-33-38(44)34(2)3;1-22(2)25(29)20-19-23(27(32)33)21-24(28)17-15-13-11-9-7-5-3-4-6-8-10-12-14-16-18-26(30)31/h33-34H,3-32H2,1-2H3,(H,41,45)(H,46,47)(H,48,49);34-35H,4-33H2,1-3H3,(H,41,45)(H,46,47);22-23H,3-21H2,1-2H3,(H,30,31)(H,32,33)/t34-;35-;23-/m111/s1. The Morgan fingerprint density at radius 1 is 0.212 bits per heavy atom. The first-order valence-corrected chi connectivity index (χ1v) is 53.4. The van der Waals surface area contributed by atoms with E-state index in [1.54, 1.807) is 13.8 Å². The fraction of sp³-hybridized carbons (Fsp3) is 0.860. The molecule has 0 aromatic rings. The van der Waals surface area contributed by atoms with Crippen LogP contribution in [0.25, 0.3) is 0 Å². The number of carbonyl (C=O) groups excluding carboxylic acids is 10. The van der Waals surface area contributed by atoms with E-state index in [2.05, 4.69) is 17.6 Å². The highest BCUT2D eigenvalue weighted by molar-refractivity contribution is 5.87. The van der Waals surface area contributed by atoms with E-state index in [0.717, 1.165) is 103 Å². The molecule has 2 amide bonds. The SMILES string of the molecule is CC(C)C(=O)CC[C@H](CC(=O)CCCCCCCCCCCCCCCCC(=O)O)C(=O)O.CC(C)C(=O)COCCOCCCC(=O)COCCOCCNC(=O)CC[C@H](CC(=O)CCCCCCCCCCCCCCCCC(=O)O)C(=O)O.CCCCCCCCCCCCCCCCCC(=O)C[C@@H](CCC(=O)NCCOCCOCC(=O)CCCOCCOCC(=O)C(C)C)C(=O)O. The van der Waals surface area contributed by atoms with Crippen LogP contribution < -0.4 is 10.6 Å². The van der Waals surface area contributed by atoms with Gasteiger partial charge in [0, 0.05) is 128 Å². The first kappa shape index (κ1) is 134. The number of carboxylic acid groups (broad SMARTS) is 5. The van der Waals surface area contributed by atoms with Crippen molar-refractivity contribution < 1.29 is 135 Å². The van der Waals surface area contributed by atoms with E-state index in [0.29, 0.717) is 91.0 Å². The van der Waals surface area contributed by atoms with Crippen molar-refractivity contribution in [2.45, 2.75) is 440 Å². The molecule has 30 nitrogen and oxygen atoms in total. The molecule has 0 aromatic carbocycles. The normalized spacial score (nSPS) is 11.9. The summed E-state index contributed by atoms with van der Waals surface area (Å²) in [4.78, 5) is 175. The number of nitrogens with one attached hydrogen (secondary N) is 2. The van der Waals surface area contributed by atoms with Gasteiger partial charge in [-0.2, -0.15) is 0 Å². The van der Waals surface area contributed by atoms with Crippen LogP contribution in [0, 0.1) is 35.5 Å². The highest BCUT2D eigenvalue weighted by Gasteiger charge is 2.26. The molecule has 0 saturated heterocycles. The molecule has 0 aliphatic carbocycles. The fourth-order valence-corrected chi connectivity index (χ4v) is 14.9. The molecule has 3 atom stereocenters. The second-order valence-electron chi connectivity index (χ2n) is 37.8. The summed E-state index contributed by atoms with van der Waals surface area (Å²) in [6.07, 6.45) is 54.4. The minimum absolute atomic E-state index is 0.00119. The van der Waals surface area contributed by atoms with Crippen molar-refractivity contribution in [3.05, 3.63) is 0 Å². The van der Waals surface area contributed by atoms with Crippen LogP contribution >= 0.6 is 0 Å². The van der Waals surface area contributed by atoms with E-state index >= 15 is 0 Å². The maximum absolute atomic E-state index is 12.4. The third kappa shape index (κ3) is 102. The summed E-state index contributed by atoms with van der Waals surface area (Å²) in [7, 11) is 0. The number of carbonyl (C=O) groups is 15. The molecule has 0 spiro atoms. The molecule has 798 valence electrons. The molecule has 7 N–H and O–H groups in total. The third-order valence-electron chi connectivity index (χ3n) is 24.0. The number of ether oxygens (including phenoxy) is 8. The molecular formula is C107H192N2O28. The Bertz CT molecular complexity index is 3050.